The molecule has 1 saturated carbocycles. The molecule has 2 heteroatoms. The zero-order valence-corrected chi connectivity index (χ0v) is 11.0. The molecule has 0 aliphatic heterocycles. The van der Waals surface area contributed by atoms with E-state index in [9.17, 15) is 0 Å². The van der Waals surface area contributed by atoms with Crippen molar-refractivity contribution in [1.82, 2.24) is 4.98 Å². The largest absolute Gasteiger partial charge is 0.260 e. The Bertz CT molecular complexity index is 340. The summed E-state index contributed by atoms with van der Waals surface area (Å²) in [5.41, 5.74) is 2.50. The fourth-order valence-corrected chi connectivity index (χ4v) is 2.70. The van der Waals surface area contributed by atoms with Gasteiger partial charge in [-0.15, -0.1) is 0 Å². The van der Waals surface area contributed by atoms with Crippen LogP contribution < -0.4 is 0 Å². The molecule has 1 fully saturated rings. The fraction of sp³-hybridized carbons (Fsp3) is 0.615. The number of aryl methyl sites for hydroxylation is 1. The number of halogens is 1. The first kappa shape index (κ1) is 11.1. The summed E-state index contributed by atoms with van der Waals surface area (Å²) in [6.07, 6.45) is 7.46. The first-order chi connectivity index (χ1) is 7.16. The molecule has 1 heterocycles. The number of rotatable bonds is 1. The third kappa shape index (κ3) is 2.60. The molecular formula is C13H18BrN. The Balaban J connectivity index is 2.12. The Morgan fingerprint density at radius 2 is 1.93 bits per heavy atom. The molecule has 0 spiro atoms. The highest BCUT2D eigenvalue weighted by atomic mass is 79.9. The van der Waals surface area contributed by atoms with Gasteiger partial charge in [-0.3, -0.25) is 4.98 Å². The van der Waals surface area contributed by atoms with E-state index in [0.717, 1.165) is 22.0 Å². The number of nitrogens with zero attached hydrogens (tertiary/aromatic N) is 1. The van der Waals surface area contributed by atoms with Crippen molar-refractivity contribution in [2.45, 2.75) is 45.4 Å². The van der Waals surface area contributed by atoms with E-state index in [1.165, 1.54) is 31.2 Å². The Kier molecular flexibility index (Phi) is 3.45. The third-order valence-electron chi connectivity index (χ3n) is 3.53. The van der Waals surface area contributed by atoms with E-state index in [1.807, 2.05) is 6.92 Å². The minimum Gasteiger partial charge on any atom is -0.260 e. The normalized spacial score (nSPS) is 26.6. The van der Waals surface area contributed by atoms with Crippen molar-refractivity contribution in [3.63, 3.8) is 0 Å². The molecule has 0 N–H and O–H groups in total. The zero-order chi connectivity index (χ0) is 10.8. The van der Waals surface area contributed by atoms with Gasteiger partial charge in [0.15, 0.2) is 0 Å². The number of pyridine rings is 1. The molecule has 1 aliphatic carbocycles. The smallest absolute Gasteiger partial charge is 0.0514 e. The molecule has 1 nitrogen and oxygen atoms in total. The van der Waals surface area contributed by atoms with E-state index in [2.05, 4.69) is 40.1 Å². The van der Waals surface area contributed by atoms with Gasteiger partial charge in [0, 0.05) is 10.7 Å². The summed E-state index contributed by atoms with van der Waals surface area (Å²) in [6.45, 7) is 4.40. The van der Waals surface area contributed by atoms with Crippen LogP contribution in [-0.4, -0.2) is 4.98 Å². The second-order valence-corrected chi connectivity index (χ2v) is 5.65. The second kappa shape index (κ2) is 4.65. The lowest BCUT2D eigenvalue weighted by Crippen LogP contribution is -2.11. The van der Waals surface area contributed by atoms with Crippen LogP contribution in [-0.2, 0) is 0 Å². The van der Waals surface area contributed by atoms with Crippen LogP contribution in [0.1, 0.15) is 49.8 Å². The standard InChI is InChI=1S/C13H18BrN/c1-9-3-5-11(6-4-9)12-7-13(14)10(2)15-8-12/h7-9,11H,3-6H2,1-2H3. The molecule has 1 aromatic heterocycles. The molecule has 82 valence electrons. The van der Waals surface area contributed by atoms with Crippen LogP contribution in [0.4, 0.5) is 0 Å². The lowest BCUT2D eigenvalue weighted by molar-refractivity contribution is 0.347. The molecule has 0 radical (unpaired) electrons. The first-order valence-corrected chi connectivity index (χ1v) is 6.58. The van der Waals surface area contributed by atoms with Gasteiger partial charge in [-0.05, 0) is 59.2 Å². The summed E-state index contributed by atoms with van der Waals surface area (Å²) in [6, 6.07) is 2.25. The highest BCUT2D eigenvalue weighted by Gasteiger charge is 2.20. The van der Waals surface area contributed by atoms with Crippen LogP contribution in [0.2, 0.25) is 0 Å². The fourth-order valence-electron chi connectivity index (χ4n) is 2.34. The van der Waals surface area contributed by atoms with Crippen molar-refractivity contribution in [3.8, 4) is 0 Å². The van der Waals surface area contributed by atoms with Gasteiger partial charge in [0.1, 0.15) is 0 Å². The maximum absolute atomic E-state index is 4.43. The summed E-state index contributed by atoms with van der Waals surface area (Å²) in [7, 11) is 0. The Labute approximate surface area is 100 Å². The van der Waals surface area contributed by atoms with Crippen molar-refractivity contribution < 1.29 is 0 Å². The Hall–Kier alpha value is -0.370. The second-order valence-electron chi connectivity index (χ2n) is 4.79. The van der Waals surface area contributed by atoms with E-state index >= 15 is 0 Å². The van der Waals surface area contributed by atoms with Crippen molar-refractivity contribution in [2.24, 2.45) is 5.92 Å². The SMILES string of the molecule is Cc1ncc(C2CCC(C)CC2)cc1Br. The van der Waals surface area contributed by atoms with E-state index in [4.69, 9.17) is 0 Å². The van der Waals surface area contributed by atoms with E-state index in [1.54, 1.807) is 0 Å². The lowest BCUT2D eigenvalue weighted by Gasteiger charge is -2.26. The summed E-state index contributed by atoms with van der Waals surface area (Å²) in [5, 5.41) is 0. The average Bonchev–Trinajstić information content (AvgIpc) is 2.23. The summed E-state index contributed by atoms with van der Waals surface area (Å²) >= 11 is 3.56. The van der Waals surface area contributed by atoms with Gasteiger partial charge in [0.25, 0.3) is 0 Å². The van der Waals surface area contributed by atoms with Crippen molar-refractivity contribution in [3.05, 3.63) is 28.0 Å². The van der Waals surface area contributed by atoms with Gasteiger partial charge in [-0.25, -0.2) is 0 Å². The molecule has 1 aromatic rings. The Morgan fingerprint density at radius 3 is 2.53 bits per heavy atom. The maximum Gasteiger partial charge on any atom is 0.0514 e. The van der Waals surface area contributed by atoms with Crippen LogP contribution in [0.5, 0.6) is 0 Å². The van der Waals surface area contributed by atoms with Gasteiger partial charge < -0.3 is 0 Å². The number of hydrogen-bond acceptors (Lipinski definition) is 1. The van der Waals surface area contributed by atoms with Crippen molar-refractivity contribution >= 4 is 15.9 Å². The maximum atomic E-state index is 4.43. The molecule has 1 aliphatic rings. The van der Waals surface area contributed by atoms with Crippen molar-refractivity contribution in [1.29, 1.82) is 0 Å². The molecule has 0 unspecified atom stereocenters. The van der Waals surface area contributed by atoms with Gasteiger partial charge in [0.2, 0.25) is 0 Å². The molecular weight excluding hydrogens is 250 g/mol. The van der Waals surface area contributed by atoms with E-state index in [-0.39, 0.29) is 0 Å². The molecule has 0 amide bonds. The monoisotopic (exact) mass is 267 g/mol. The minimum atomic E-state index is 0.741. The highest BCUT2D eigenvalue weighted by Crippen LogP contribution is 2.36. The topological polar surface area (TPSA) is 12.9 Å². The first-order valence-electron chi connectivity index (χ1n) is 5.79. The predicted octanol–water partition coefficient (Wildman–Crippen LogP) is 4.45. The minimum absolute atomic E-state index is 0.741. The summed E-state index contributed by atoms with van der Waals surface area (Å²) < 4.78 is 1.15. The zero-order valence-electron chi connectivity index (χ0n) is 9.46. The number of aromatic nitrogens is 1. The van der Waals surface area contributed by atoms with E-state index < -0.39 is 0 Å². The number of hydrogen-bond donors (Lipinski definition) is 0. The summed E-state index contributed by atoms with van der Waals surface area (Å²) in [4.78, 5) is 4.43. The third-order valence-corrected chi connectivity index (χ3v) is 4.34. The van der Waals surface area contributed by atoms with Gasteiger partial charge in [-0.2, -0.15) is 0 Å². The van der Waals surface area contributed by atoms with Crippen LogP contribution >= 0.6 is 15.9 Å². The van der Waals surface area contributed by atoms with Gasteiger partial charge >= 0.3 is 0 Å². The van der Waals surface area contributed by atoms with Crippen LogP contribution in [0.15, 0.2) is 16.7 Å². The Morgan fingerprint density at radius 1 is 1.27 bits per heavy atom. The molecule has 0 atom stereocenters. The molecule has 0 bridgehead atoms. The quantitative estimate of drug-likeness (QED) is 0.733. The van der Waals surface area contributed by atoms with Crippen LogP contribution in [0.25, 0.3) is 0 Å². The average molecular weight is 268 g/mol. The summed E-state index contributed by atoms with van der Waals surface area (Å²) in [5.74, 6) is 1.66. The van der Waals surface area contributed by atoms with Crippen LogP contribution in [0, 0.1) is 12.8 Å². The van der Waals surface area contributed by atoms with Gasteiger partial charge in [-0.1, -0.05) is 19.8 Å². The highest BCUT2D eigenvalue weighted by molar-refractivity contribution is 9.10. The van der Waals surface area contributed by atoms with Crippen LogP contribution in [0.3, 0.4) is 0 Å². The molecule has 0 aromatic carbocycles. The van der Waals surface area contributed by atoms with Crippen molar-refractivity contribution in [2.75, 3.05) is 0 Å². The molecule has 0 saturated heterocycles. The predicted molar refractivity (Wildman–Crippen MR) is 67.0 cm³/mol. The molecule has 15 heavy (non-hydrogen) atoms. The van der Waals surface area contributed by atoms with E-state index in [0.29, 0.717) is 0 Å². The molecule has 2 rings (SSSR count). The lowest BCUT2D eigenvalue weighted by atomic mass is 9.80. The van der Waals surface area contributed by atoms with Gasteiger partial charge in [0.05, 0.1) is 5.69 Å².